The lowest BCUT2D eigenvalue weighted by Crippen LogP contribution is -2.13. The lowest BCUT2D eigenvalue weighted by Gasteiger charge is -2.06. The van der Waals surface area contributed by atoms with Crippen molar-refractivity contribution in [1.82, 2.24) is 0 Å². The topological polar surface area (TPSA) is 71.7 Å². The summed E-state index contributed by atoms with van der Waals surface area (Å²) < 4.78 is 5.21. The fourth-order valence-electron chi connectivity index (χ4n) is 1.59. The highest BCUT2D eigenvalue weighted by atomic mass is 35.5. The fraction of sp³-hybridized carbons (Fsp3) is 0.0625. The maximum atomic E-state index is 11.6. The third-order valence-electron chi connectivity index (χ3n) is 2.63. The molecular weight excluding hydrogens is 339 g/mol. The molecule has 0 aromatic heterocycles. The summed E-state index contributed by atoms with van der Waals surface area (Å²) in [5, 5.41) is 13.3. The highest BCUT2D eigenvalue weighted by molar-refractivity contribution is 6.35. The molecule has 0 saturated carbocycles. The van der Waals surface area contributed by atoms with Gasteiger partial charge in [0.15, 0.2) is 12.3 Å². The van der Waals surface area contributed by atoms with E-state index >= 15 is 0 Å². The van der Waals surface area contributed by atoms with E-state index in [2.05, 4.69) is 9.99 Å². The molecule has 0 radical (unpaired) electrons. The van der Waals surface area contributed by atoms with Crippen LogP contribution >= 0.6 is 23.2 Å². The number of halogens is 2. The first-order valence-electron chi connectivity index (χ1n) is 6.41. The van der Waals surface area contributed by atoms with Crippen LogP contribution in [-0.2, 0) is 9.63 Å². The first-order valence-corrected chi connectivity index (χ1v) is 7.17. The zero-order valence-corrected chi connectivity index (χ0v) is 13.2. The van der Waals surface area contributed by atoms with Gasteiger partial charge in [0.05, 0.1) is 5.02 Å². The van der Waals surface area contributed by atoms with Crippen molar-refractivity contribution in [1.29, 1.82) is 5.26 Å². The number of carbonyl (C=O) groups is 1. The number of hydrogen-bond donors (Lipinski definition) is 0. The zero-order valence-electron chi connectivity index (χ0n) is 11.7. The van der Waals surface area contributed by atoms with E-state index < -0.39 is 12.6 Å². The number of ether oxygens (including phenoxy) is 1. The van der Waals surface area contributed by atoms with Crippen LogP contribution in [0.4, 0.5) is 0 Å². The van der Waals surface area contributed by atoms with Gasteiger partial charge < -0.3 is 9.57 Å². The van der Waals surface area contributed by atoms with Crippen molar-refractivity contribution in [2.75, 3.05) is 6.61 Å². The second-order valence-corrected chi connectivity index (χ2v) is 5.09. The molecule has 2 rings (SSSR count). The SMILES string of the molecule is N#CC(=NOC(=O)COc1ccc(Cl)cc1Cl)c1ccccc1. The molecule has 5 nitrogen and oxygen atoms in total. The van der Waals surface area contributed by atoms with Crippen molar-refractivity contribution >= 4 is 34.9 Å². The second kappa shape index (κ2) is 8.18. The molecule has 2 aromatic rings. The van der Waals surface area contributed by atoms with Gasteiger partial charge in [-0.05, 0) is 18.2 Å². The van der Waals surface area contributed by atoms with Gasteiger partial charge in [0.2, 0.25) is 0 Å². The fourth-order valence-corrected chi connectivity index (χ4v) is 2.05. The van der Waals surface area contributed by atoms with E-state index in [4.69, 9.17) is 33.2 Å². The molecule has 0 aliphatic heterocycles. The van der Waals surface area contributed by atoms with E-state index in [0.29, 0.717) is 16.3 Å². The minimum absolute atomic E-state index is 0.0107. The van der Waals surface area contributed by atoms with Crippen molar-refractivity contribution in [2.24, 2.45) is 5.16 Å². The Bertz CT molecular complexity index is 771. The summed E-state index contributed by atoms with van der Waals surface area (Å²) in [6, 6.07) is 15.1. The van der Waals surface area contributed by atoms with Gasteiger partial charge in [-0.3, -0.25) is 0 Å². The molecule has 23 heavy (non-hydrogen) atoms. The average Bonchev–Trinajstić information content (AvgIpc) is 2.55. The number of carbonyl (C=O) groups excluding carboxylic acids is 1. The third kappa shape index (κ3) is 4.99. The summed E-state index contributed by atoms with van der Waals surface area (Å²) >= 11 is 11.7. The van der Waals surface area contributed by atoms with Crippen LogP contribution < -0.4 is 4.74 Å². The lowest BCUT2D eigenvalue weighted by atomic mass is 10.1. The van der Waals surface area contributed by atoms with Crippen LogP contribution in [0.5, 0.6) is 5.75 Å². The largest absolute Gasteiger partial charge is 0.480 e. The Morgan fingerprint density at radius 1 is 1.17 bits per heavy atom. The monoisotopic (exact) mass is 348 g/mol. The summed E-state index contributed by atoms with van der Waals surface area (Å²) in [6.45, 7) is -0.404. The number of nitriles is 1. The van der Waals surface area contributed by atoms with E-state index in [9.17, 15) is 4.79 Å². The second-order valence-electron chi connectivity index (χ2n) is 4.24. The van der Waals surface area contributed by atoms with Crippen molar-refractivity contribution in [3.8, 4) is 11.8 Å². The van der Waals surface area contributed by atoms with E-state index in [1.54, 1.807) is 36.4 Å². The summed E-state index contributed by atoms with van der Waals surface area (Å²) in [6.07, 6.45) is 0. The van der Waals surface area contributed by atoms with E-state index in [1.165, 1.54) is 12.1 Å². The maximum Gasteiger partial charge on any atom is 0.372 e. The summed E-state index contributed by atoms with van der Waals surface area (Å²) in [5.74, 6) is -0.472. The standard InChI is InChI=1S/C16H10Cl2N2O3/c17-12-6-7-15(13(18)8-12)22-10-16(21)23-20-14(9-19)11-4-2-1-3-5-11/h1-8H,10H2. The average molecular weight is 349 g/mol. The zero-order chi connectivity index (χ0) is 16.7. The molecule has 0 fully saturated rings. The molecule has 0 amide bonds. The van der Waals surface area contributed by atoms with E-state index in [1.807, 2.05) is 6.07 Å². The van der Waals surface area contributed by atoms with Crippen molar-refractivity contribution in [2.45, 2.75) is 0 Å². The molecular formula is C16H10Cl2N2O3. The van der Waals surface area contributed by atoms with Gasteiger partial charge in [-0.1, -0.05) is 58.7 Å². The van der Waals surface area contributed by atoms with Gasteiger partial charge in [0.25, 0.3) is 0 Å². The smallest absolute Gasteiger partial charge is 0.372 e. The normalized spacial score (nSPS) is 10.7. The first-order chi connectivity index (χ1) is 11.1. The molecule has 0 heterocycles. The predicted molar refractivity (Wildman–Crippen MR) is 86.6 cm³/mol. The quantitative estimate of drug-likeness (QED) is 0.467. The van der Waals surface area contributed by atoms with Crippen molar-refractivity contribution in [3.63, 3.8) is 0 Å². The summed E-state index contributed by atoms with van der Waals surface area (Å²) in [4.78, 5) is 16.3. The van der Waals surface area contributed by atoms with Gasteiger partial charge in [-0.25, -0.2) is 4.79 Å². The molecule has 2 aromatic carbocycles. The first kappa shape index (κ1) is 16.8. The Labute approximate surface area is 142 Å². The Hall–Kier alpha value is -2.55. The molecule has 0 aliphatic rings. The van der Waals surface area contributed by atoms with Gasteiger partial charge in [-0.2, -0.15) is 5.26 Å². The maximum absolute atomic E-state index is 11.6. The number of hydrogen-bond acceptors (Lipinski definition) is 5. The molecule has 7 heteroatoms. The summed E-state index contributed by atoms with van der Waals surface area (Å²) in [5.41, 5.74) is 0.535. The van der Waals surface area contributed by atoms with Crippen molar-refractivity contribution < 1.29 is 14.4 Å². The van der Waals surface area contributed by atoms with Gasteiger partial charge >= 0.3 is 5.97 Å². The van der Waals surface area contributed by atoms with Gasteiger partial charge in [-0.15, -0.1) is 0 Å². The summed E-state index contributed by atoms with van der Waals surface area (Å²) in [7, 11) is 0. The van der Waals surface area contributed by atoms with Crippen LogP contribution in [-0.4, -0.2) is 18.3 Å². The number of rotatable bonds is 5. The molecule has 116 valence electrons. The van der Waals surface area contributed by atoms with Crippen LogP contribution in [0.3, 0.4) is 0 Å². The van der Waals surface area contributed by atoms with Gasteiger partial charge in [0, 0.05) is 10.6 Å². The number of benzene rings is 2. The molecule has 0 bridgehead atoms. The minimum Gasteiger partial charge on any atom is -0.480 e. The predicted octanol–water partition coefficient (Wildman–Crippen LogP) is 3.84. The molecule has 0 spiro atoms. The Morgan fingerprint density at radius 3 is 2.57 bits per heavy atom. The Kier molecular flexibility index (Phi) is 5.98. The van der Waals surface area contributed by atoms with Crippen LogP contribution in [0.15, 0.2) is 53.7 Å². The highest BCUT2D eigenvalue weighted by Gasteiger charge is 2.09. The van der Waals surface area contributed by atoms with Crippen LogP contribution in [0.1, 0.15) is 5.56 Å². The molecule has 0 aliphatic carbocycles. The third-order valence-corrected chi connectivity index (χ3v) is 3.16. The lowest BCUT2D eigenvalue weighted by molar-refractivity contribution is -0.145. The van der Waals surface area contributed by atoms with Crippen LogP contribution in [0.25, 0.3) is 0 Å². The van der Waals surface area contributed by atoms with Crippen LogP contribution in [0, 0.1) is 11.3 Å². The Balaban J connectivity index is 1.94. The van der Waals surface area contributed by atoms with Crippen molar-refractivity contribution in [3.05, 3.63) is 64.1 Å². The highest BCUT2D eigenvalue weighted by Crippen LogP contribution is 2.27. The van der Waals surface area contributed by atoms with E-state index in [0.717, 1.165) is 0 Å². The Morgan fingerprint density at radius 2 is 1.91 bits per heavy atom. The molecule has 0 N–H and O–H groups in total. The van der Waals surface area contributed by atoms with Crippen LogP contribution in [0.2, 0.25) is 10.0 Å². The van der Waals surface area contributed by atoms with Gasteiger partial charge in [0.1, 0.15) is 11.8 Å². The molecule has 0 saturated heterocycles. The number of nitrogens with zero attached hydrogens (tertiary/aromatic N) is 2. The van der Waals surface area contributed by atoms with E-state index in [-0.39, 0.29) is 10.7 Å². The minimum atomic E-state index is -0.764. The molecule has 0 atom stereocenters. The molecule has 0 unspecified atom stereocenters. The number of oxime groups is 1.